The van der Waals surface area contributed by atoms with Gasteiger partial charge in [-0.05, 0) is 43.7 Å². The number of aryl methyl sites for hydroxylation is 2. The van der Waals surface area contributed by atoms with Crippen LogP contribution in [-0.2, 0) is 29.4 Å². The molecule has 0 fully saturated rings. The van der Waals surface area contributed by atoms with Crippen LogP contribution in [0.3, 0.4) is 0 Å². The highest BCUT2D eigenvalue weighted by Gasteiger charge is 2.26. The van der Waals surface area contributed by atoms with Gasteiger partial charge >= 0.3 is 5.97 Å². The van der Waals surface area contributed by atoms with Crippen molar-refractivity contribution in [3.05, 3.63) is 56.6 Å². The molecule has 10 heteroatoms. The Morgan fingerprint density at radius 3 is 2.70 bits per heavy atom. The molecule has 1 aliphatic rings. The van der Waals surface area contributed by atoms with Gasteiger partial charge in [-0.15, -0.1) is 32.9 Å². The number of nitrogens with zero attached hydrogens (tertiary/aromatic N) is 3. The minimum atomic E-state index is -0.388. The van der Waals surface area contributed by atoms with Gasteiger partial charge in [0, 0.05) is 33.3 Å². The second-order valence-electron chi connectivity index (χ2n) is 8.91. The van der Waals surface area contributed by atoms with Gasteiger partial charge in [-0.1, -0.05) is 48.5 Å². The molecule has 4 aromatic rings. The first kappa shape index (κ1) is 25.7. The maximum absolute atomic E-state index is 12.9. The summed E-state index contributed by atoms with van der Waals surface area (Å²) >= 11 is 4.51. The zero-order valence-corrected chi connectivity index (χ0v) is 23.4. The molecule has 1 amide bonds. The first-order chi connectivity index (χ1) is 18.0. The summed E-state index contributed by atoms with van der Waals surface area (Å²) in [5, 5.41) is 15.1. The molecule has 192 valence electrons. The van der Waals surface area contributed by atoms with E-state index in [1.807, 2.05) is 29.8 Å². The summed E-state index contributed by atoms with van der Waals surface area (Å²) in [4.78, 5) is 27.9. The molecule has 37 heavy (non-hydrogen) atoms. The summed E-state index contributed by atoms with van der Waals surface area (Å²) < 4.78 is 6.98. The first-order valence-electron chi connectivity index (χ1n) is 12.2. The summed E-state index contributed by atoms with van der Waals surface area (Å²) in [5.74, 6) is 0.345. The quantitative estimate of drug-likeness (QED) is 0.163. The van der Waals surface area contributed by atoms with Crippen LogP contribution in [0.25, 0.3) is 22.5 Å². The molecular formula is C27H28N4O3S3. The highest BCUT2D eigenvalue weighted by Crippen LogP contribution is 2.40. The monoisotopic (exact) mass is 552 g/mol. The van der Waals surface area contributed by atoms with Crippen LogP contribution >= 0.6 is 34.4 Å². The number of hydrogen-bond acceptors (Lipinski definition) is 8. The number of hydrogen-bond donors (Lipinski definition) is 1. The number of methoxy groups -OCH3 is 1. The van der Waals surface area contributed by atoms with E-state index in [-0.39, 0.29) is 17.6 Å². The van der Waals surface area contributed by atoms with Crippen LogP contribution in [0.2, 0.25) is 0 Å². The largest absolute Gasteiger partial charge is 0.465 e. The van der Waals surface area contributed by atoms with E-state index in [1.54, 1.807) is 11.3 Å². The highest BCUT2D eigenvalue weighted by atomic mass is 32.2. The second kappa shape index (κ2) is 11.2. The predicted molar refractivity (Wildman–Crippen MR) is 151 cm³/mol. The van der Waals surface area contributed by atoms with Crippen LogP contribution < -0.4 is 5.32 Å². The molecule has 3 heterocycles. The predicted octanol–water partition coefficient (Wildman–Crippen LogP) is 6.37. The third kappa shape index (κ3) is 5.23. The van der Waals surface area contributed by atoms with E-state index in [1.165, 1.54) is 40.0 Å². The van der Waals surface area contributed by atoms with Gasteiger partial charge in [-0.25, -0.2) is 4.79 Å². The van der Waals surface area contributed by atoms with Crippen molar-refractivity contribution < 1.29 is 14.3 Å². The number of aromatic nitrogens is 3. The summed E-state index contributed by atoms with van der Waals surface area (Å²) in [6.07, 6.45) is 5.07. The Morgan fingerprint density at radius 1 is 1.14 bits per heavy atom. The SMILES string of the molecule is COC(=O)c1c(NC(=O)CSc2nnc(-c3csc(C)c3-c3ccccc3)n2C)sc2c1CCCCC2. The Bertz CT molecular complexity index is 1440. The van der Waals surface area contributed by atoms with Gasteiger partial charge in [-0.3, -0.25) is 4.79 Å². The molecule has 7 nitrogen and oxygen atoms in total. The van der Waals surface area contributed by atoms with Gasteiger partial charge in [0.25, 0.3) is 0 Å². The standard InChI is InChI=1S/C27H28N4O3S3/c1-16-22(17-10-6-4-7-11-17)19(14-35-16)24-29-30-27(31(24)2)36-15-21(32)28-25-23(26(33)34-3)18-12-8-5-9-13-20(18)37-25/h4,6-7,10-11,14H,5,8-9,12-13,15H2,1-3H3,(H,28,32). The van der Waals surface area contributed by atoms with Gasteiger partial charge in [-0.2, -0.15) is 0 Å². The van der Waals surface area contributed by atoms with Gasteiger partial charge in [0.05, 0.1) is 18.4 Å². The number of benzene rings is 1. The summed E-state index contributed by atoms with van der Waals surface area (Å²) in [6, 6.07) is 10.3. The number of thiophene rings is 2. The summed E-state index contributed by atoms with van der Waals surface area (Å²) in [5.41, 5.74) is 4.88. The van der Waals surface area contributed by atoms with Crippen molar-refractivity contribution >= 4 is 51.3 Å². The number of ether oxygens (including phenoxy) is 1. The maximum atomic E-state index is 12.9. The number of rotatable bonds is 7. The molecule has 0 radical (unpaired) electrons. The number of carbonyl (C=O) groups excluding carboxylic acids is 2. The fourth-order valence-electron chi connectivity index (χ4n) is 4.70. The van der Waals surface area contributed by atoms with Gasteiger partial charge in [0.2, 0.25) is 5.91 Å². The molecule has 1 N–H and O–H groups in total. The minimum Gasteiger partial charge on any atom is -0.465 e. The number of amides is 1. The first-order valence-corrected chi connectivity index (χ1v) is 14.8. The molecule has 0 saturated carbocycles. The average Bonchev–Trinajstić information content (AvgIpc) is 3.51. The van der Waals surface area contributed by atoms with Crippen LogP contribution in [0.1, 0.15) is 44.9 Å². The van der Waals surface area contributed by atoms with E-state index in [9.17, 15) is 9.59 Å². The molecule has 3 aromatic heterocycles. The number of thioether (sulfide) groups is 1. The molecule has 1 aliphatic carbocycles. The molecular weight excluding hydrogens is 525 g/mol. The molecule has 0 atom stereocenters. The minimum absolute atomic E-state index is 0.156. The van der Waals surface area contributed by atoms with E-state index < -0.39 is 0 Å². The fourth-order valence-corrected chi connectivity index (χ4v) is 7.57. The smallest absolute Gasteiger partial charge is 0.341 e. The maximum Gasteiger partial charge on any atom is 0.341 e. The molecule has 0 aliphatic heterocycles. The van der Waals surface area contributed by atoms with E-state index >= 15 is 0 Å². The fraction of sp³-hybridized carbons (Fsp3) is 0.333. The zero-order chi connectivity index (χ0) is 25.9. The lowest BCUT2D eigenvalue weighted by Gasteiger charge is -2.08. The topological polar surface area (TPSA) is 86.1 Å². The lowest BCUT2D eigenvalue weighted by atomic mass is 10.0. The van der Waals surface area contributed by atoms with Crippen molar-refractivity contribution in [1.82, 2.24) is 14.8 Å². The number of nitrogens with one attached hydrogen (secondary N) is 1. The van der Waals surface area contributed by atoms with Crippen molar-refractivity contribution in [2.75, 3.05) is 18.2 Å². The number of fused-ring (bicyclic) bond motifs is 1. The molecule has 0 spiro atoms. The molecule has 0 bridgehead atoms. The molecule has 5 rings (SSSR count). The highest BCUT2D eigenvalue weighted by molar-refractivity contribution is 7.99. The van der Waals surface area contributed by atoms with E-state index in [2.05, 4.69) is 40.0 Å². The Labute approximate surface area is 228 Å². The van der Waals surface area contributed by atoms with Crippen molar-refractivity contribution in [3.63, 3.8) is 0 Å². The van der Waals surface area contributed by atoms with Crippen LogP contribution in [-0.4, -0.2) is 39.5 Å². The molecule has 0 saturated heterocycles. The van der Waals surface area contributed by atoms with Crippen molar-refractivity contribution in [1.29, 1.82) is 0 Å². The van der Waals surface area contributed by atoms with E-state index in [0.717, 1.165) is 60.2 Å². The molecule has 1 aromatic carbocycles. The van der Waals surface area contributed by atoms with E-state index in [0.29, 0.717) is 15.7 Å². The number of esters is 1. The third-order valence-electron chi connectivity index (χ3n) is 6.51. The summed E-state index contributed by atoms with van der Waals surface area (Å²) in [6.45, 7) is 2.11. The van der Waals surface area contributed by atoms with Crippen molar-refractivity contribution in [3.8, 4) is 22.5 Å². The van der Waals surface area contributed by atoms with Crippen LogP contribution in [0, 0.1) is 6.92 Å². The van der Waals surface area contributed by atoms with Crippen molar-refractivity contribution in [2.24, 2.45) is 7.05 Å². The Balaban J connectivity index is 1.32. The zero-order valence-electron chi connectivity index (χ0n) is 21.0. The van der Waals surface area contributed by atoms with Crippen LogP contribution in [0.5, 0.6) is 0 Å². The third-order valence-corrected chi connectivity index (χ3v) is 9.65. The van der Waals surface area contributed by atoms with Gasteiger partial charge in [0.1, 0.15) is 5.00 Å². The van der Waals surface area contributed by atoms with Gasteiger partial charge < -0.3 is 14.6 Å². The van der Waals surface area contributed by atoms with Crippen LogP contribution in [0.4, 0.5) is 5.00 Å². The second-order valence-corrected chi connectivity index (χ2v) is 12.0. The van der Waals surface area contributed by atoms with Crippen molar-refractivity contribution in [2.45, 2.75) is 44.2 Å². The lowest BCUT2D eigenvalue weighted by Crippen LogP contribution is -2.16. The Hall–Kier alpha value is -2.95. The molecule has 0 unspecified atom stereocenters. The average molecular weight is 553 g/mol. The number of carbonyl (C=O) groups is 2. The van der Waals surface area contributed by atoms with Gasteiger partial charge in [0.15, 0.2) is 11.0 Å². The van der Waals surface area contributed by atoms with E-state index in [4.69, 9.17) is 4.74 Å². The normalized spacial score (nSPS) is 13.2. The lowest BCUT2D eigenvalue weighted by molar-refractivity contribution is -0.113. The van der Waals surface area contributed by atoms with Crippen LogP contribution in [0.15, 0.2) is 40.9 Å². The summed E-state index contributed by atoms with van der Waals surface area (Å²) in [7, 11) is 3.30. The Morgan fingerprint density at radius 2 is 1.92 bits per heavy atom. The Kier molecular flexibility index (Phi) is 7.78. The number of anilines is 1.